The molecule has 0 fully saturated rings. The first kappa shape index (κ1) is 12.5. The van der Waals surface area contributed by atoms with Crippen molar-refractivity contribution < 1.29 is 9.84 Å². The lowest BCUT2D eigenvalue weighted by atomic mass is 10.0. The Morgan fingerprint density at radius 3 is 2.80 bits per heavy atom. The zero-order valence-electron chi connectivity index (χ0n) is 9.09. The Hall–Kier alpha value is -0.540. The van der Waals surface area contributed by atoms with E-state index < -0.39 is 0 Å². The standard InChI is InChI=1S/C12H16BrO2/c1-3-7-15-11-6-4-5-10(12(11)13)9(2)8-14/h4-6,14H,3,7-8H2,1-2H3. The van der Waals surface area contributed by atoms with E-state index in [0.29, 0.717) is 6.61 Å². The second kappa shape index (κ2) is 6.13. The van der Waals surface area contributed by atoms with E-state index in [4.69, 9.17) is 9.84 Å². The summed E-state index contributed by atoms with van der Waals surface area (Å²) in [5.74, 6) is 1.77. The molecule has 0 saturated heterocycles. The summed E-state index contributed by atoms with van der Waals surface area (Å²) in [5.41, 5.74) is 1.01. The van der Waals surface area contributed by atoms with Crippen LogP contribution in [0, 0.1) is 5.92 Å². The Morgan fingerprint density at radius 2 is 2.20 bits per heavy atom. The molecule has 0 spiro atoms. The molecule has 83 valence electrons. The van der Waals surface area contributed by atoms with E-state index >= 15 is 0 Å². The number of halogens is 1. The van der Waals surface area contributed by atoms with Crippen LogP contribution in [-0.4, -0.2) is 18.3 Å². The molecule has 15 heavy (non-hydrogen) atoms. The van der Waals surface area contributed by atoms with Crippen LogP contribution in [0.2, 0.25) is 0 Å². The minimum atomic E-state index is 0.0653. The molecule has 2 nitrogen and oxygen atoms in total. The molecule has 1 aromatic rings. The molecular weight excluding hydrogens is 256 g/mol. The molecule has 0 saturated carbocycles. The zero-order chi connectivity index (χ0) is 11.3. The lowest BCUT2D eigenvalue weighted by molar-refractivity contribution is 0.310. The normalized spacial score (nSPS) is 10.7. The maximum Gasteiger partial charge on any atom is 0.133 e. The number of aliphatic hydroxyl groups excluding tert-OH is 1. The SMILES string of the molecule is CCCOc1cccc([C](C)CO)c1Br. The summed E-state index contributed by atoms with van der Waals surface area (Å²) < 4.78 is 6.50. The van der Waals surface area contributed by atoms with Crippen LogP contribution in [0.15, 0.2) is 22.7 Å². The van der Waals surface area contributed by atoms with E-state index in [1.807, 2.05) is 25.1 Å². The fourth-order valence-electron chi connectivity index (χ4n) is 1.25. The summed E-state index contributed by atoms with van der Waals surface area (Å²) in [7, 11) is 0. The van der Waals surface area contributed by atoms with Crippen molar-refractivity contribution in [2.75, 3.05) is 13.2 Å². The summed E-state index contributed by atoms with van der Waals surface area (Å²) in [4.78, 5) is 0. The van der Waals surface area contributed by atoms with Gasteiger partial charge in [0.25, 0.3) is 0 Å². The van der Waals surface area contributed by atoms with E-state index in [-0.39, 0.29) is 6.61 Å². The second-order valence-electron chi connectivity index (χ2n) is 3.40. The Kier molecular flexibility index (Phi) is 5.12. The fraction of sp³-hybridized carbons (Fsp3) is 0.417. The van der Waals surface area contributed by atoms with E-state index in [1.165, 1.54) is 0 Å². The van der Waals surface area contributed by atoms with Crippen LogP contribution in [0.3, 0.4) is 0 Å². The molecule has 0 aliphatic carbocycles. The minimum absolute atomic E-state index is 0.0653. The van der Waals surface area contributed by atoms with Gasteiger partial charge in [0.1, 0.15) is 5.75 Å². The lowest BCUT2D eigenvalue weighted by Gasteiger charge is -2.14. The molecule has 0 bridgehead atoms. The zero-order valence-corrected chi connectivity index (χ0v) is 10.7. The highest BCUT2D eigenvalue weighted by Gasteiger charge is 2.12. The molecule has 1 radical (unpaired) electrons. The van der Waals surface area contributed by atoms with Crippen molar-refractivity contribution in [1.82, 2.24) is 0 Å². The second-order valence-corrected chi connectivity index (χ2v) is 4.20. The van der Waals surface area contributed by atoms with Crippen LogP contribution in [0.4, 0.5) is 0 Å². The molecular formula is C12H16BrO2. The average Bonchev–Trinajstić information content (AvgIpc) is 2.27. The van der Waals surface area contributed by atoms with Gasteiger partial charge in [-0.25, -0.2) is 0 Å². The van der Waals surface area contributed by atoms with Crippen molar-refractivity contribution in [2.45, 2.75) is 20.3 Å². The molecule has 0 atom stereocenters. The summed E-state index contributed by atoms with van der Waals surface area (Å²) in [6.45, 7) is 4.75. The summed E-state index contributed by atoms with van der Waals surface area (Å²) in [6, 6.07) is 5.83. The summed E-state index contributed by atoms with van der Waals surface area (Å²) >= 11 is 3.50. The largest absolute Gasteiger partial charge is 0.492 e. The monoisotopic (exact) mass is 271 g/mol. The number of benzene rings is 1. The van der Waals surface area contributed by atoms with Crippen molar-refractivity contribution in [3.05, 3.63) is 34.2 Å². The van der Waals surface area contributed by atoms with Crippen LogP contribution in [0.5, 0.6) is 5.75 Å². The molecule has 0 aliphatic heterocycles. The highest BCUT2D eigenvalue weighted by atomic mass is 79.9. The van der Waals surface area contributed by atoms with Crippen LogP contribution >= 0.6 is 15.9 Å². The fourth-order valence-corrected chi connectivity index (χ4v) is 1.97. The van der Waals surface area contributed by atoms with Gasteiger partial charge in [0.15, 0.2) is 0 Å². The molecule has 1 aromatic carbocycles. The highest BCUT2D eigenvalue weighted by Crippen LogP contribution is 2.32. The average molecular weight is 272 g/mol. The molecule has 0 heterocycles. The van der Waals surface area contributed by atoms with E-state index in [9.17, 15) is 0 Å². The van der Waals surface area contributed by atoms with Crippen molar-refractivity contribution in [3.8, 4) is 5.75 Å². The minimum Gasteiger partial charge on any atom is -0.492 e. The Morgan fingerprint density at radius 1 is 1.47 bits per heavy atom. The van der Waals surface area contributed by atoms with Crippen LogP contribution < -0.4 is 4.74 Å². The smallest absolute Gasteiger partial charge is 0.133 e. The van der Waals surface area contributed by atoms with Gasteiger partial charge in [-0.1, -0.05) is 26.0 Å². The number of ether oxygens (including phenoxy) is 1. The Labute approximate surface area is 99.4 Å². The van der Waals surface area contributed by atoms with Crippen molar-refractivity contribution >= 4 is 15.9 Å². The third kappa shape index (κ3) is 3.21. The predicted octanol–water partition coefficient (Wildman–Crippen LogP) is 3.17. The lowest BCUT2D eigenvalue weighted by Crippen LogP contribution is -2.03. The van der Waals surface area contributed by atoms with Crippen LogP contribution in [-0.2, 0) is 0 Å². The molecule has 0 aromatic heterocycles. The van der Waals surface area contributed by atoms with Gasteiger partial charge in [-0.05, 0) is 34.0 Å². The first-order valence-electron chi connectivity index (χ1n) is 5.05. The summed E-state index contributed by atoms with van der Waals surface area (Å²) in [6.07, 6.45) is 0.985. The number of hydrogen-bond donors (Lipinski definition) is 1. The van der Waals surface area contributed by atoms with Gasteiger partial charge >= 0.3 is 0 Å². The highest BCUT2D eigenvalue weighted by molar-refractivity contribution is 9.10. The molecule has 0 unspecified atom stereocenters. The van der Waals surface area contributed by atoms with Crippen molar-refractivity contribution in [1.29, 1.82) is 0 Å². The van der Waals surface area contributed by atoms with E-state index in [2.05, 4.69) is 22.9 Å². The van der Waals surface area contributed by atoms with Gasteiger partial charge in [-0.3, -0.25) is 0 Å². The predicted molar refractivity (Wildman–Crippen MR) is 65.0 cm³/mol. The summed E-state index contributed by atoms with van der Waals surface area (Å²) in [5, 5.41) is 9.08. The van der Waals surface area contributed by atoms with Gasteiger partial charge in [0.2, 0.25) is 0 Å². The van der Waals surface area contributed by atoms with Gasteiger partial charge in [-0.15, -0.1) is 0 Å². The molecule has 1 N–H and O–H groups in total. The first-order chi connectivity index (χ1) is 7.20. The number of aliphatic hydroxyl groups is 1. The quantitative estimate of drug-likeness (QED) is 0.892. The van der Waals surface area contributed by atoms with Gasteiger partial charge in [-0.2, -0.15) is 0 Å². The molecule has 1 rings (SSSR count). The van der Waals surface area contributed by atoms with Crippen LogP contribution in [0.25, 0.3) is 0 Å². The Balaban J connectivity index is 2.90. The van der Waals surface area contributed by atoms with E-state index in [1.54, 1.807) is 0 Å². The van der Waals surface area contributed by atoms with Crippen molar-refractivity contribution in [3.63, 3.8) is 0 Å². The number of hydrogen-bond acceptors (Lipinski definition) is 2. The molecule has 0 aliphatic rings. The third-order valence-corrected chi connectivity index (χ3v) is 2.94. The molecule has 0 amide bonds. The Bertz CT molecular complexity index is 312. The van der Waals surface area contributed by atoms with Gasteiger partial charge in [0, 0.05) is 5.92 Å². The van der Waals surface area contributed by atoms with E-state index in [0.717, 1.165) is 28.1 Å². The van der Waals surface area contributed by atoms with Crippen molar-refractivity contribution in [2.24, 2.45) is 0 Å². The maximum absolute atomic E-state index is 9.08. The maximum atomic E-state index is 9.08. The third-order valence-electron chi connectivity index (χ3n) is 2.12. The first-order valence-corrected chi connectivity index (χ1v) is 5.85. The van der Waals surface area contributed by atoms with Gasteiger partial charge in [0.05, 0.1) is 17.7 Å². The van der Waals surface area contributed by atoms with Crippen LogP contribution in [0.1, 0.15) is 25.8 Å². The van der Waals surface area contributed by atoms with Gasteiger partial charge < -0.3 is 9.84 Å². The number of rotatable bonds is 5. The molecule has 3 heteroatoms. The topological polar surface area (TPSA) is 29.5 Å².